The van der Waals surface area contributed by atoms with Crippen molar-refractivity contribution in [2.45, 2.75) is 243 Å². The molecule has 0 bridgehead atoms. The fourth-order valence-corrected chi connectivity index (χ4v) is 8.03. The van der Waals surface area contributed by atoms with Gasteiger partial charge in [-0.3, -0.25) is 18.6 Å². The zero-order chi connectivity index (χ0) is 41.4. The molecule has 0 radical (unpaired) electrons. The predicted molar refractivity (Wildman–Crippen MR) is 217 cm³/mol. The number of aliphatic hydroxyl groups is 5. The molecule has 332 valence electrons. The van der Waals surface area contributed by atoms with E-state index in [0.717, 1.165) is 38.5 Å². The second kappa shape index (κ2) is 33.7. The van der Waals surface area contributed by atoms with Crippen LogP contribution in [0, 0.1) is 0 Å². The molecule has 1 aliphatic carbocycles. The van der Waals surface area contributed by atoms with Gasteiger partial charge >= 0.3 is 19.8 Å². The molecule has 13 nitrogen and oxygen atoms in total. The first-order valence-electron chi connectivity index (χ1n) is 22.3. The average Bonchev–Trinajstić information content (AvgIpc) is 3.18. The molecule has 0 amide bonds. The average molecular weight is 825 g/mol. The van der Waals surface area contributed by atoms with Crippen LogP contribution in [-0.2, 0) is 32.7 Å². The lowest BCUT2D eigenvalue weighted by atomic mass is 9.85. The van der Waals surface area contributed by atoms with E-state index in [-0.39, 0.29) is 12.8 Å². The Morgan fingerprint density at radius 1 is 0.482 bits per heavy atom. The summed E-state index contributed by atoms with van der Waals surface area (Å²) >= 11 is 0. The standard InChI is InChI=1S/C42H81O13P/c1-3-5-7-9-11-13-14-15-16-17-18-19-20-21-22-23-25-27-29-31-36(44)54-34(32-52-35(43)30-28-26-24-12-10-8-6-4-2)33-53-56(50,51)55-42-40(48)38(46)37(45)39(47)41(42)49/h34,37-42,45-49H,3-33H2,1-2H3,(H,50,51)/t34-,37?,38+,39?,40?,41?,42?/m1/s1. The molecule has 6 N–H and O–H groups in total. The summed E-state index contributed by atoms with van der Waals surface area (Å²) < 4.78 is 33.4. The Morgan fingerprint density at radius 2 is 0.804 bits per heavy atom. The minimum absolute atomic E-state index is 0.105. The number of hydrogen-bond donors (Lipinski definition) is 6. The van der Waals surface area contributed by atoms with E-state index in [2.05, 4.69) is 13.8 Å². The number of ether oxygens (including phenoxy) is 2. The van der Waals surface area contributed by atoms with Crippen molar-refractivity contribution in [3.05, 3.63) is 0 Å². The van der Waals surface area contributed by atoms with E-state index in [9.17, 15) is 44.6 Å². The summed E-state index contributed by atoms with van der Waals surface area (Å²) in [5.41, 5.74) is 0. The first-order valence-corrected chi connectivity index (χ1v) is 23.8. The van der Waals surface area contributed by atoms with E-state index in [4.69, 9.17) is 18.5 Å². The normalized spacial score (nSPS) is 22.8. The third kappa shape index (κ3) is 26.1. The van der Waals surface area contributed by atoms with Gasteiger partial charge in [0.05, 0.1) is 6.61 Å². The fraction of sp³-hybridized carbons (Fsp3) is 0.952. The van der Waals surface area contributed by atoms with E-state index in [1.165, 1.54) is 122 Å². The van der Waals surface area contributed by atoms with Crippen LogP contribution < -0.4 is 0 Å². The zero-order valence-corrected chi connectivity index (χ0v) is 35.8. The smallest absolute Gasteiger partial charge is 0.462 e. The van der Waals surface area contributed by atoms with Crippen LogP contribution in [0.3, 0.4) is 0 Å². The number of carbonyl (C=O) groups is 2. The van der Waals surface area contributed by atoms with Crippen LogP contribution in [0.2, 0.25) is 0 Å². The Kier molecular flexibility index (Phi) is 31.8. The minimum atomic E-state index is -5.10. The molecule has 1 fully saturated rings. The van der Waals surface area contributed by atoms with Crippen molar-refractivity contribution in [3.8, 4) is 0 Å². The van der Waals surface area contributed by atoms with Crippen molar-refractivity contribution in [1.29, 1.82) is 0 Å². The highest BCUT2D eigenvalue weighted by Gasteiger charge is 2.51. The molecule has 0 aromatic heterocycles. The summed E-state index contributed by atoms with van der Waals surface area (Å²) in [4.78, 5) is 35.5. The minimum Gasteiger partial charge on any atom is -0.462 e. The maximum Gasteiger partial charge on any atom is 0.472 e. The quantitative estimate of drug-likeness (QED) is 0.0199. The Morgan fingerprint density at radius 3 is 1.18 bits per heavy atom. The van der Waals surface area contributed by atoms with Gasteiger partial charge in [0.25, 0.3) is 0 Å². The largest absolute Gasteiger partial charge is 0.472 e. The highest BCUT2D eigenvalue weighted by Crippen LogP contribution is 2.47. The molecule has 6 unspecified atom stereocenters. The third-order valence-electron chi connectivity index (χ3n) is 10.7. The Balaban J connectivity index is 2.40. The van der Waals surface area contributed by atoms with Crippen molar-refractivity contribution < 1.29 is 63.1 Å². The van der Waals surface area contributed by atoms with Crippen LogP contribution >= 0.6 is 7.82 Å². The molecule has 0 aliphatic heterocycles. The van der Waals surface area contributed by atoms with E-state index in [1.54, 1.807) is 0 Å². The van der Waals surface area contributed by atoms with Gasteiger partial charge in [-0.25, -0.2) is 4.57 Å². The summed E-state index contributed by atoms with van der Waals surface area (Å²) in [6.45, 7) is 3.27. The molecule has 0 aromatic carbocycles. The summed E-state index contributed by atoms with van der Waals surface area (Å²) in [5.74, 6) is -1.09. The van der Waals surface area contributed by atoms with Gasteiger partial charge < -0.3 is 39.9 Å². The van der Waals surface area contributed by atoms with Crippen LogP contribution in [0.15, 0.2) is 0 Å². The third-order valence-corrected chi connectivity index (χ3v) is 11.7. The lowest BCUT2D eigenvalue weighted by Gasteiger charge is -2.41. The molecule has 14 heteroatoms. The molecule has 0 spiro atoms. The van der Waals surface area contributed by atoms with Gasteiger partial charge in [0, 0.05) is 12.8 Å². The van der Waals surface area contributed by atoms with Crippen molar-refractivity contribution in [1.82, 2.24) is 0 Å². The van der Waals surface area contributed by atoms with E-state index in [0.29, 0.717) is 12.8 Å². The van der Waals surface area contributed by atoms with Crippen molar-refractivity contribution >= 4 is 19.8 Å². The van der Waals surface area contributed by atoms with Gasteiger partial charge in [0.2, 0.25) is 0 Å². The number of hydrogen-bond acceptors (Lipinski definition) is 12. The molecule has 1 aliphatic rings. The molecular weight excluding hydrogens is 743 g/mol. The number of esters is 2. The van der Waals surface area contributed by atoms with Gasteiger partial charge in [-0.2, -0.15) is 0 Å². The highest BCUT2D eigenvalue weighted by atomic mass is 31.2. The van der Waals surface area contributed by atoms with Gasteiger partial charge in [-0.05, 0) is 12.8 Å². The molecule has 56 heavy (non-hydrogen) atoms. The number of phosphoric ester groups is 1. The van der Waals surface area contributed by atoms with Gasteiger partial charge in [0.1, 0.15) is 43.2 Å². The van der Waals surface area contributed by atoms with Crippen LogP contribution in [0.25, 0.3) is 0 Å². The van der Waals surface area contributed by atoms with Crippen molar-refractivity contribution in [2.24, 2.45) is 0 Å². The predicted octanol–water partition coefficient (Wildman–Crippen LogP) is 8.11. The lowest BCUT2D eigenvalue weighted by molar-refractivity contribution is -0.220. The Hall–Kier alpha value is -1.15. The number of phosphoric acid groups is 1. The van der Waals surface area contributed by atoms with Gasteiger partial charge in [0.15, 0.2) is 6.10 Å². The monoisotopic (exact) mass is 825 g/mol. The second-order valence-electron chi connectivity index (χ2n) is 15.9. The van der Waals surface area contributed by atoms with Crippen LogP contribution in [0.4, 0.5) is 0 Å². The van der Waals surface area contributed by atoms with Gasteiger partial charge in [-0.1, -0.05) is 174 Å². The maximum atomic E-state index is 12.8. The number of carbonyl (C=O) groups excluding carboxylic acids is 2. The molecule has 1 saturated carbocycles. The summed E-state index contributed by atoms with van der Waals surface area (Å²) in [6, 6.07) is 0. The molecule has 0 aromatic rings. The highest BCUT2D eigenvalue weighted by molar-refractivity contribution is 7.47. The number of aliphatic hydroxyl groups excluding tert-OH is 5. The van der Waals surface area contributed by atoms with E-state index in [1.807, 2.05) is 0 Å². The summed E-state index contributed by atoms with van der Waals surface area (Å²) in [6.07, 6.45) is 19.0. The molecule has 1 rings (SSSR count). The van der Waals surface area contributed by atoms with Crippen molar-refractivity contribution in [2.75, 3.05) is 13.2 Å². The van der Waals surface area contributed by atoms with E-state index >= 15 is 0 Å². The SMILES string of the molecule is CCCCCCCCCCCCCCCCCCCCCC(=O)O[C@H](COC(=O)CCCCCCCCCC)COP(=O)(O)OC1C(O)C(O)C(O)[C@H](O)C1O. The topological polar surface area (TPSA) is 210 Å². The van der Waals surface area contributed by atoms with Gasteiger partial charge in [-0.15, -0.1) is 0 Å². The summed E-state index contributed by atoms with van der Waals surface area (Å²) in [5, 5.41) is 50.0. The van der Waals surface area contributed by atoms with Crippen LogP contribution in [0.1, 0.15) is 200 Å². The Labute approximate surface area is 338 Å². The number of rotatable bonds is 37. The maximum absolute atomic E-state index is 12.8. The van der Waals surface area contributed by atoms with Crippen molar-refractivity contribution in [3.63, 3.8) is 0 Å². The molecule has 8 atom stereocenters. The van der Waals surface area contributed by atoms with Crippen LogP contribution in [-0.4, -0.2) is 98.3 Å². The Bertz CT molecular complexity index is 1000. The fourth-order valence-electron chi connectivity index (χ4n) is 7.05. The molecule has 0 heterocycles. The second-order valence-corrected chi connectivity index (χ2v) is 17.3. The zero-order valence-electron chi connectivity index (χ0n) is 34.9. The molecule has 0 saturated heterocycles. The molecular formula is C42H81O13P. The summed E-state index contributed by atoms with van der Waals surface area (Å²) in [7, 11) is -5.10. The number of unbranched alkanes of at least 4 members (excludes halogenated alkanes) is 25. The lowest BCUT2D eigenvalue weighted by Crippen LogP contribution is -2.64. The first kappa shape index (κ1) is 52.9. The van der Waals surface area contributed by atoms with E-state index < -0.39 is 75.7 Å². The van der Waals surface area contributed by atoms with Crippen LogP contribution in [0.5, 0.6) is 0 Å². The first-order chi connectivity index (χ1) is 26.9.